The van der Waals surface area contributed by atoms with Gasteiger partial charge in [0.15, 0.2) is 0 Å². The van der Waals surface area contributed by atoms with Crippen LogP contribution in [0.1, 0.15) is 41.8 Å². The fraction of sp³-hybridized carbons (Fsp3) is 0.368. The lowest BCUT2D eigenvalue weighted by molar-refractivity contribution is -0.178. The van der Waals surface area contributed by atoms with Crippen molar-refractivity contribution >= 4 is 11.9 Å². The number of alkyl halides is 3. The van der Waals surface area contributed by atoms with Gasteiger partial charge in [0.1, 0.15) is 17.4 Å². The second-order valence-electron chi connectivity index (χ2n) is 6.41. The van der Waals surface area contributed by atoms with E-state index in [1.165, 1.54) is 18.4 Å². The maximum atomic E-state index is 12.9. The number of furan rings is 1. The van der Waals surface area contributed by atoms with Crippen molar-refractivity contribution in [1.82, 2.24) is 5.32 Å². The van der Waals surface area contributed by atoms with Crippen molar-refractivity contribution in [3.05, 3.63) is 60.1 Å². The zero-order valence-corrected chi connectivity index (χ0v) is 14.3. The fourth-order valence-corrected chi connectivity index (χ4v) is 3.36. The van der Waals surface area contributed by atoms with E-state index in [1.54, 1.807) is 30.3 Å². The maximum absolute atomic E-state index is 12.9. The van der Waals surface area contributed by atoms with E-state index in [4.69, 9.17) is 9.15 Å². The molecule has 0 spiro atoms. The molecule has 1 aliphatic rings. The molecule has 0 aliphatic heterocycles. The van der Waals surface area contributed by atoms with Gasteiger partial charge >= 0.3 is 18.1 Å². The van der Waals surface area contributed by atoms with Gasteiger partial charge in [-0.3, -0.25) is 4.79 Å². The molecule has 0 bridgehead atoms. The average Bonchev–Trinajstić information content (AvgIpc) is 3.18. The summed E-state index contributed by atoms with van der Waals surface area (Å²) in [5.74, 6) is -2.63. The lowest BCUT2D eigenvalue weighted by Crippen LogP contribution is -2.59. The molecule has 1 aromatic carbocycles. The first-order valence-corrected chi connectivity index (χ1v) is 8.52. The second kappa shape index (κ2) is 7.46. The van der Waals surface area contributed by atoms with Gasteiger partial charge in [-0.2, -0.15) is 13.2 Å². The minimum atomic E-state index is -5.06. The van der Waals surface area contributed by atoms with Gasteiger partial charge in [0, 0.05) is 0 Å². The third kappa shape index (κ3) is 3.99. The summed E-state index contributed by atoms with van der Waals surface area (Å²) in [5.41, 5.74) is -1.29. The molecular formula is C19H18F3NO4. The van der Waals surface area contributed by atoms with Crippen LogP contribution in [0.2, 0.25) is 0 Å². The number of nitrogens with one attached hydrogen (secondary N) is 1. The van der Waals surface area contributed by atoms with E-state index < -0.39 is 29.7 Å². The predicted molar refractivity (Wildman–Crippen MR) is 88.7 cm³/mol. The molecule has 1 heterocycles. The number of ether oxygens (including phenoxy) is 1. The van der Waals surface area contributed by atoms with Crippen molar-refractivity contribution in [3.8, 4) is 0 Å². The van der Waals surface area contributed by atoms with Crippen molar-refractivity contribution in [2.45, 2.75) is 43.5 Å². The van der Waals surface area contributed by atoms with Gasteiger partial charge in [0.2, 0.25) is 0 Å². The third-order valence-corrected chi connectivity index (χ3v) is 4.65. The van der Waals surface area contributed by atoms with Gasteiger partial charge in [-0.25, -0.2) is 4.79 Å². The van der Waals surface area contributed by atoms with Crippen LogP contribution in [-0.2, 0) is 15.1 Å². The predicted octanol–water partition coefficient (Wildman–Crippen LogP) is 3.95. The number of hydrogen-bond donors (Lipinski definition) is 1. The number of rotatable bonds is 4. The van der Waals surface area contributed by atoms with E-state index in [0.29, 0.717) is 19.3 Å². The van der Waals surface area contributed by atoms with E-state index >= 15 is 0 Å². The zero-order chi connectivity index (χ0) is 19.5. The quantitative estimate of drug-likeness (QED) is 0.815. The SMILES string of the molecule is O=C(O[C@H]1CCCC[C@]1(NC(=O)C(F)(F)F)c1ccco1)c1ccccc1. The lowest BCUT2D eigenvalue weighted by Gasteiger charge is -2.42. The second-order valence-corrected chi connectivity index (χ2v) is 6.41. The summed E-state index contributed by atoms with van der Waals surface area (Å²) in [6.45, 7) is 0. The average molecular weight is 381 g/mol. The highest BCUT2D eigenvalue weighted by molar-refractivity contribution is 5.89. The van der Waals surface area contributed by atoms with Crippen LogP contribution >= 0.6 is 0 Å². The zero-order valence-electron chi connectivity index (χ0n) is 14.3. The monoisotopic (exact) mass is 381 g/mol. The Morgan fingerprint density at radius 2 is 1.85 bits per heavy atom. The first-order chi connectivity index (χ1) is 12.8. The number of esters is 1. The van der Waals surface area contributed by atoms with E-state index in [-0.39, 0.29) is 17.7 Å². The van der Waals surface area contributed by atoms with Crippen molar-refractivity contribution in [1.29, 1.82) is 0 Å². The topological polar surface area (TPSA) is 68.5 Å². The molecule has 1 fully saturated rings. The van der Waals surface area contributed by atoms with Gasteiger partial charge in [-0.05, 0) is 43.5 Å². The van der Waals surface area contributed by atoms with Gasteiger partial charge in [-0.1, -0.05) is 24.6 Å². The Balaban J connectivity index is 1.93. The van der Waals surface area contributed by atoms with Crippen LogP contribution < -0.4 is 5.32 Å². The number of halogens is 3. The van der Waals surface area contributed by atoms with E-state index in [2.05, 4.69) is 0 Å². The molecule has 1 amide bonds. The molecule has 27 heavy (non-hydrogen) atoms. The minimum absolute atomic E-state index is 0.130. The molecule has 1 saturated carbocycles. The highest BCUT2D eigenvalue weighted by Crippen LogP contribution is 2.40. The molecule has 144 valence electrons. The lowest BCUT2D eigenvalue weighted by atomic mass is 9.77. The summed E-state index contributed by atoms with van der Waals surface area (Å²) in [6, 6.07) is 11.1. The standard InChI is InChI=1S/C19H18F3NO4/c20-19(21,22)17(25)23-18(14-10-6-12-26-14)11-5-4-9-15(18)27-16(24)13-7-2-1-3-8-13/h1-3,6-8,10,12,15H,4-5,9,11H2,(H,23,25)/t15-,18-/m0/s1. The van der Waals surface area contributed by atoms with Crippen LogP contribution in [0, 0.1) is 0 Å². The molecule has 3 rings (SSSR count). The van der Waals surface area contributed by atoms with Crippen molar-refractivity contribution in [3.63, 3.8) is 0 Å². The smallest absolute Gasteiger partial charge is 0.467 e. The maximum Gasteiger partial charge on any atom is 0.471 e. The summed E-state index contributed by atoms with van der Waals surface area (Å²) in [4.78, 5) is 24.2. The first kappa shape index (κ1) is 19.0. The van der Waals surface area contributed by atoms with Crippen LogP contribution in [0.25, 0.3) is 0 Å². The molecule has 1 N–H and O–H groups in total. The highest BCUT2D eigenvalue weighted by atomic mass is 19.4. The van der Waals surface area contributed by atoms with Crippen molar-refractivity contribution in [2.24, 2.45) is 0 Å². The number of carbonyl (C=O) groups is 2. The van der Waals surface area contributed by atoms with Crippen LogP contribution in [0.5, 0.6) is 0 Å². The molecule has 5 nitrogen and oxygen atoms in total. The van der Waals surface area contributed by atoms with Crippen LogP contribution in [0.3, 0.4) is 0 Å². The molecule has 0 unspecified atom stereocenters. The summed E-state index contributed by atoms with van der Waals surface area (Å²) in [6.07, 6.45) is -3.08. The summed E-state index contributed by atoms with van der Waals surface area (Å²) >= 11 is 0. The Bertz CT molecular complexity index is 789. The summed E-state index contributed by atoms with van der Waals surface area (Å²) < 4.78 is 49.6. The molecule has 0 radical (unpaired) electrons. The van der Waals surface area contributed by atoms with E-state index in [0.717, 1.165) is 0 Å². The Morgan fingerprint density at radius 1 is 1.11 bits per heavy atom. The van der Waals surface area contributed by atoms with Gasteiger partial charge in [-0.15, -0.1) is 0 Å². The molecular weight excluding hydrogens is 363 g/mol. The van der Waals surface area contributed by atoms with Gasteiger partial charge in [0.25, 0.3) is 0 Å². The highest BCUT2D eigenvalue weighted by Gasteiger charge is 2.52. The molecule has 0 saturated heterocycles. The van der Waals surface area contributed by atoms with Gasteiger partial charge < -0.3 is 14.5 Å². The van der Waals surface area contributed by atoms with Crippen LogP contribution in [-0.4, -0.2) is 24.2 Å². The number of carbonyl (C=O) groups excluding carboxylic acids is 2. The Hall–Kier alpha value is -2.77. The number of hydrogen-bond acceptors (Lipinski definition) is 4. The van der Waals surface area contributed by atoms with Gasteiger partial charge in [0.05, 0.1) is 11.8 Å². The largest absolute Gasteiger partial charge is 0.471 e. The van der Waals surface area contributed by atoms with E-state index in [9.17, 15) is 22.8 Å². The van der Waals surface area contributed by atoms with E-state index in [1.807, 2.05) is 5.32 Å². The Kier molecular flexibility index (Phi) is 5.25. The molecule has 8 heteroatoms. The minimum Gasteiger partial charge on any atom is -0.467 e. The molecule has 2 atom stereocenters. The number of benzene rings is 1. The summed E-state index contributed by atoms with van der Waals surface area (Å²) in [7, 11) is 0. The van der Waals surface area contributed by atoms with Crippen LogP contribution in [0.4, 0.5) is 13.2 Å². The normalized spacial score (nSPS) is 22.9. The third-order valence-electron chi connectivity index (χ3n) is 4.65. The Morgan fingerprint density at radius 3 is 2.48 bits per heavy atom. The van der Waals surface area contributed by atoms with Crippen LogP contribution in [0.15, 0.2) is 53.1 Å². The Labute approximate surface area is 153 Å². The molecule has 1 aromatic heterocycles. The summed E-state index contributed by atoms with van der Waals surface area (Å²) in [5, 5.41) is 2.05. The van der Waals surface area contributed by atoms with Crippen molar-refractivity contribution < 1.29 is 31.9 Å². The first-order valence-electron chi connectivity index (χ1n) is 8.52. The fourth-order valence-electron chi connectivity index (χ4n) is 3.36. The van der Waals surface area contributed by atoms with Crippen molar-refractivity contribution in [2.75, 3.05) is 0 Å². The molecule has 1 aliphatic carbocycles. The molecule has 2 aromatic rings. The number of amides is 1.